The standard InChI is InChI=1S/C15H18N2O2/c18-10-12-3-1-2-8-17(12)15-14-9-13(19)5-4-11(14)6-7-16-15/h4-7,9,12,18-19H,1-3,8,10H2. The van der Waals surface area contributed by atoms with E-state index >= 15 is 0 Å². The molecule has 0 aliphatic carbocycles. The number of hydrogen-bond acceptors (Lipinski definition) is 4. The highest BCUT2D eigenvalue weighted by Gasteiger charge is 2.24. The molecule has 19 heavy (non-hydrogen) atoms. The van der Waals surface area contributed by atoms with Crippen molar-refractivity contribution >= 4 is 16.6 Å². The number of benzene rings is 1. The summed E-state index contributed by atoms with van der Waals surface area (Å²) in [6.45, 7) is 1.06. The molecule has 1 saturated heterocycles. The lowest BCUT2D eigenvalue weighted by atomic mass is 10.0. The molecule has 1 aliphatic heterocycles. The van der Waals surface area contributed by atoms with Crippen LogP contribution in [0.25, 0.3) is 10.8 Å². The van der Waals surface area contributed by atoms with Gasteiger partial charge in [0.15, 0.2) is 0 Å². The van der Waals surface area contributed by atoms with Gasteiger partial charge in [-0.1, -0.05) is 6.07 Å². The van der Waals surface area contributed by atoms with Crippen LogP contribution in [0, 0.1) is 0 Å². The molecule has 0 spiro atoms. The molecule has 1 unspecified atom stereocenters. The number of aliphatic hydroxyl groups excluding tert-OH is 1. The molecule has 1 aromatic carbocycles. The number of piperidine rings is 1. The van der Waals surface area contributed by atoms with Gasteiger partial charge in [-0.05, 0) is 42.8 Å². The summed E-state index contributed by atoms with van der Waals surface area (Å²) in [5, 5.41) is 21.2. The smallest absolute Gasteiger partial charge is 0.136 e. The van der Waals surface area contributed by atoms with Gasteiger partial charge < -0.3 is 15.1 Å². The molecular weight excluding hydrogens is 240 g/mol. The van der Waals surface area contributed by atoms with Gasteiger partial charge in [0.05, 0.1) is 12.6 Å². The van der Waals surface area contributed by atoms with Crippen molar-refractivity contribution in [1.29, 1.82) is 0 Å². The minimum absolute atomic E-state index is 0.134. The molecule has 0 bridgehead atoms. The average Bonchev–Trinajstić information content (AvgIpc) is 2.46. The Bertz CT molecular complexity index is 585. The first kappa shape index (κ1) is 12.2. The van der Waals surface area contributed by atoms with Crippen LogP contribution in [0.1, 0.15) is 19.3 Å². The molecule has 2 heterocycles. The van der Waals surface area contributed by atoms with E-state index in [0.717, 1.165) is 42.4 Å². The quantitative estimate of drug-likeness (QED) is 0.867. The third kappa shape index (κ3) is 2.24. The van der Waals surface area contributed by atoms with E-state index in [1.54, 1.807) is 18.3 Å². The summed E-state index contributed by atoms with van der Waals surface area (Å²) in [5.74, 6) is 1.12. The number of aromatic nitrogens is 1. The van der Waals surface area contributed by atoms with Gasteiger partial charge in [0.2, 0.25) is 0 Å². The van der Waals surface area contributed by atoms with Crippen LogP contribution in [0.3, 0.4) is 0 Å². The highest BCUT2D eigenvalue weighted by molar-refractivity contribution is 5.93. The molecule has 4 heteroatoms. The maximum absolute atomic E-state index is 9.68. The van der Waals surface area contributed by atoms with Crippen LogP contribution >= 0.6 is 0 Å². The number of phenolic OH excluding ortho intramolecular Hbond substituents is 1. The van der Waals surface area contributed by atoms with E-state index in [-0.39, 0.29) is 18.4 Å². The van der Waals surface area contributed by atoms with Crippen molar-refractivity contribution in [3.63, 3.8) is 0 Å². The van der Waals surface area contributed by atoms with Gasteiger partial charge in [0.25, 0.3) is 0 Å². The summed E-state index contributed by atoms with van der Waals surface area (Å²) in [4.78, 5) is 6.65. The zero-order valence-electron chi connectivity index (χ0n) is 10.8. The van der Waals surface area contributed by atoms with Gasteiger partial charge in [0, 0.05) is 18.1 Å². The number of fused-ring (bicyclic) bond motifs is 1. The van der Waals surface area contributed by atoms with Crippen molar-refractivity contribution in [2.24, 2.45) is 0 Å². The molecule has 1 fully saturated rings. The third-order valence-corrected chi connectivity index (χ3v) is 3.84. The monoisotopic (exact) mass is 258 g/mol. The Labute approximate surface area is 112 Å². The molecule has 1 aliphatic rings. The van der Waals surface area contributed by atoms with Crippen LogP contribution in [0.5, 0.6) is 5.75 Å². The summed E-state index contributed by atoms with van der Waals surface area (Å²) in [7, 11) is 0. The van der Waals surface area contributed by atoms with Crippen molar-refractivity contribution in [3.05, 3.63) is 30.5 Å². The Kier molecular flexibility index (Phi) is 3.25. The zero-order valence-corrected chi connectivity index (χ0v) is 10.8. The van der Waals surface area contributed by atoms with E-state index in [1.807, 2.05) is 12.1 Å². The summed E-state index contributed by atoms with van der Waals surface area (Å²) in [6, 6.07) is 7.41. The topological polar surface area (TPSA) is 56.6 Å². The van der Waals surface area contributed by atoms with Gasteiger partial charge in [0.1, 0.15) is 11.6 Å². The van der Waals surface area contributed by atoms with Crippen LogP contribution in [0.15, 0.2) is 30.5 Å². The zero-order chi connectivity index (χ0) is 13.2. The van der Waals surface area contributed by atoms with Crippen molar-refractivity contribution in [2.75, 3.05) is 18.1 Å². The Morgan fingerprint density at radius 1 is 1.26 bits per heavy atom. The fourth-order valence-electron chi connectivity index (χ4n) is 2.84. The first-order valence-corrected chi connectivity index (χ1v) is 6.75. The second-order valence-corrected chi connectivity index (χ2v) is 5.07. The number of phenols is 1. The number of hydrogen-bond donors (Lipinski definition) is 2. The normalized spacial score (nSPS) is 19.8. The first-order chi connectivity index (χ1) is 9.29. The fraction of sp³-hybridized carbons (Fsp3) is 0.400. The van der Waals surface area contributed by atoms with Crippen LogP contribution in [-0.4, -0.2) is 34.4 Å². The number of nitrogens with zero attached hydrogens (tertiary/aromatic N) is 2. The number of aliphatic hydroxyl groups is 1. The molecule has 0 amide bonds. The highest BCUT2D eigenvalue weighted by Crippen LogP contribution is 2.31. The third-order valence-electron chi connectivity index (χ3n) is 3.84. The Morgan fingerprint density at radius 3 is 3.00 bits per heavy atom. The minimum atomic E-state index is 0.134. The van der Waals surface area contributed by atoms with E-state index in [4.69, 9.17) is 0 Å². The Hall–Kier alpha value is -1.81. The molecule has 1 atom stereocenters. The number of aromatic hydroxyl groups is 1. The van der Waals surface area contributed by atoms with Crippen LogP contribution in [0.2, 0.25) is 0 Å². The summed E-state index contributed by atoms with van der Waals surface area (Å²) in [6.07, 6.45) is 5.05. The van der Waals surface area contributed by atoms with Crippen LogP contribution in [-0.2, 0) is 0 Å². The maximum Gasteiger partial charge on any atom is 0.136 e. The molecule has 100 valence electrons. The molecule has 4 nitrogen and oxygen atoms in total. The maximum atomic E-state index is 9.68. The second kappa shape index (κ2) is 5.05. The second-order valence-electron chi connectivity index (χ2n) is 5.07. The number of pyridine rings is 1. The van der Waals surface area contributed by atoms with Crippen molar-refractivity contribution in [2.45, 2.75) is 25.3 Å². The van der Waals surface area contributed by atoms with Crippen LogP contribution in [0.4, 0.5) is 5.82 Å². The first-order valence-electron chi connectivity index (χ1n) is 6.75. The van der Waals surface area contributed by atoms with Crippen molar-refractivity contribution < 1.29 is 10.2 Å². The van der Waals surface area contributed by atoms with Gasteiger partial charge in [-0.2, -0.15) is 0 Å². The van der Waals surface area contributed by atoms with Crippen molar-refractivity contribution in [1.82, 2.24) is 4.98 Å². The van der Waals surface area contributed by atoms with E-state index in [1.165, 1.54) is 0 Å². The largest absolute Gasteiger partial charge is 0.508 e. The molecule has 2 aromatic rings. The predicted octanol–water partition coefficient (Wildman–Crippen LogP) is 2.29. The Balaban J connectivity index is 2.10. The lowest BCUT2D eigenvalue weighted by Crippen LogP contribution is -2.42. The molecule has 1 aromatic heterocycles. The van der Waals surface area contributed by atoms with Gasteiger partial charge >= 0.3 is 0 Å². The highest BCUT2D eigenvalue weighted by atomic mass is 16.3. The lowest BCUT2D eigenvalue weighted by Gasteiger charge is -2.36. The van der Waals surface area contributed by atoms with Gasteiger partial charge in [-0.3, -0.25) is 0 Å². The van der Waals surface area contributed by atoms with Gasteiger partial charge in [-0.15, -0.1) is 0 Å². The summed E-state index contributed by atoms with van der Waals surface area (Å²) >= 11 is 0. The number of anilines is 1. The minimum Gasteiger partial charge on any atom is -0.508 e. The lowest BCUT2D eigenvalue weighted by molar-refractivity contribution is 0.239. The Morgan fingerprint density at radius 2 is 2.16 bits per heavy atom. The molecule has 0 radical (unpaired) electrons. The predicted molar refractivity (Wildman–Crippen MR) is 75.5 cm³/mol. The molecule has 2 N–H and O–H groups in total. The summed E-state index contributed by atoms with van der Waals surface area (Å²) in [5.41, 5.74) is 0. The summed E-state index contributed by atoms with van der Waals surface area (Å²) < 4.78 is 0. The average molecular weight is 258 g/mol. The molecule has 3 rings (SSSR count). The fourth-order valence-corrected chi connectivity index (χ4v) is 2.84. The number of rotatable bonds is 2. The van der Waals surface area contributed by atoms with Crippen molar-refractivity contribution in [3.8, 4) is 5.75 Å². The van der Waals surface area contributed by atoms with E-state index < -0.39 is 0 Å². The molecule has 0 saturated carbocycles. The molecular formula is C15H18N2O2. The van der Waals surface area contributed by atoms with Gasteiger partial charge in [-0.25, -0.2) is 4.98 Å². The van der Waals surface area contributed by atoms with Crippen LogP contribution < -0.4 is 4.90 Å². The van der Waals surface area contributed by atoms with E-state index in [2.05, 4.69) is 9.88 Å². The van der Waals surface area contributed by atoms with E-state index in [0.29, 0.717) is 0 Å². The van der Waals surface area contributed by atoms with E-state index in [9.17, 15) is 10.2 Å². The SMILES string of the molecule is OCC1CCCCN1c1nccc2ccc(O)cc12.